The Kier molecular flexibility index (Phi) is 4.61. The lowest BCUT2D eigenvalue weighted by Gasteiger charge is -2.15. The second-order valence-corrected chi connectivity index (χ2v) is 6.62. The highest BCUT2D eigenvalue weighted by Gasteiger charge is 2.31. The first-order valence-electron chi connectivity index (χ1n) is 6.15. The minimum Gasteiger partial charge on any atom is -0.216 e. The van der Waals surface area contributed by atoms with Gasteiger partial charge < -0.3 is 0 Å². The van der Waals surface area contributed by atoms with Gasteiger partial charge in [0, 0.05) is 6.54 Å². The van der Waals surface area contributed by atoms with Gasteiger partial charge in [0.25, 0.3) is 0 Å². The molecule has 0 aromatic rings. The van der Waals surface area contributed by atoms with Crippen LogP contribution in [-0.4, -0.2) is 17.5 Å². The molecule has 0 spiro atoms. The van der Waals surface area contributed by atoms with E-state index in [4.69, 9.17) is 0 Å². The van der Waals surface area contributed by atoms with Crippen molar-refractivity contribution in [3.8, 4) is 0 Å². The molecule has 1 unspecified atom stereocenters. The molecule has 1 aliphatic heterocycles. The average molecular weight is 215 g/mol. The van der Waals surface area contributed by atoms with Gasteiger partial charge in [0.05, 0.1) is 11.1 Å². The summed E-state index contributed by atoms with van der Waals surface area (Å²) in [6.45, 7) is 1.16. The van der Waals surface area contributed by atoms with E-state index in [0.29, 0.717) is 11.1 Å². The quantitative estimate of drug-likeness (QED) is 0.517. The summed E-state index contributed by atoms with van der Waals surface area (Å²) in [5, 5.41) is 0.975. The normalized spacial score (nSPS) is 32.1. The van der Waals surface area contributed by atoms with Crippen molar-refractivity contribution in [1.29, 1.82) is 0 Å². The standard InChI is InChI=1S/C11H23N2S/c1-2-4-8-11(7-3-1)14-10-6-5-9-12-13-14/h11-13H,1-10H2/q+1. The van der Waals surface area contributed by atoms with Crippen molar-refractivity contribution >= 4 is 11.1 Å². The van der Waals surface area contributed by atoms with Gasteiger partial charge in [0.15, 0.2) is 0 Å². The van der Waals surface area contributed by atoms with Crippen molar-refractivity contribution in [1.82, 2.24) is 10.3 Å². The Hall–Kier alpha value is 0.270. The molecular formula is C11H23N2S+. The van der Waals surface area contributed by atoms with Gasteiger partial charge in [-0.15, -0.1) is 0 Å². The van der Waals surface area contributed by atoms with E-state index in [1.54, 1.807) is 0 Å². The lowest BCUT2D eigenvalue weighted by atomic mass is 10.2. The molecule has 1 saturated carbocycles. The second kappa shape index (κ2) is 5.99. The minimum absolute atomic E-state index is 0.479. The van der Waals surface area contributed by atoms with Crippen LogP contribution in [-0.2, 0) is 11.1 Å². The molecule has 1 aliphatic carbocycles. The van der Waals surface area contributed by atoms with Gasteiger partial charge >= 0.3 is 0 Å². The van der Waals surface area contributed by atoms with Crippen molar-refractivity contribution in [2.75, 3.05) is 12.3 Å². The summed E-state index contributed by atoms with van der Waals surface area (Å²) in [5.41, 5.74) is 3.38. The van der Waals surface area contributed by atoms with Crippen LogP contribution >= 0.6 is 0 Å². The Balaban J connectivity index is 1.83. The van der Waals surface area contributed by atoms with E-state index in [0.717, 1.165) is 11.8 Å². The highest BCUT2D eigenvalue weighted by molar-refractivity contribution is 7.95. The zero-order chi connectivity index (χ0) is 9.64. The SMILES string of the molecule is C1CCCC([S+]2CCCCNN2)CC1. The molecule has 2 fully saturated rings. The van der Waals surface area contributed by atoms with Crippen LogP contribution in [0.25, 0.3) is 0 Å². The van der Waals surface area contributed by atoms with Crippen LogP contribution in [0.5, 0.6) is 0 Å². The Morgan fingerprint density at radius 2 is 1.64 bits per heavy atom. The lowest BCUT2D eigenvalue weighted by Crippen LogP contribution is -2.43. The number of rotatable bonds is 1. The molecule has 2 aliphatic rings. The molecule has 2 rings (SSSR count). The van der Waals surface area contributed by atoms with E-state index in [1.807, 2.05) is 0 Å². The first-order valence-corrected chi connectivity index (χ1v) is 7.61. The summed E-state index contributed by atoms with van der Waals surface area (Å²) in [6, 6.07) is 0. The summed E-state index contributed by atoms with van der Waals surface area (Å²) in [6.07, 6.45) is 11.6. The number of hydrogen-bond acceptors (Lipinski definition) is 2. The van der Waals surface area contributed by atoms with Crippen LogP contribution in [0.4, 0.5) is 0 Å². The fraction of sp³-hybridized carbons (Fsp3) is 1.00. The Morgan fingerprint density at radius 1 is 0.857 bits per heavy atom. The lowest BCUT2D eigenvalue weighted by molar-refractivity contribution is 0.646. The number of nitrogens with one attached hydrogen (secondary N) is 2. The molecule has 0 aromatic carbocycles. The van der Waals surface area contributed by atoms with Crippen LogP contribution in [0.1, 0.15) is 51.4 Å². The third-order valence-corrected chi connectivity index (χ3v) is 5.74. The van der Waals surface area contributed by atoms with Gasteiger partial charge in [-0.1, -0.05) is 17.7 Å². The van der Waals surface area contributed by atoms with E-state index < -0.39 is 0 Å². The fourth-order valence-electron chi connectivity index (χ4n) is 2.44. The molecule has 82 valence electrons. The van der Waals surface area contributed by atoms with E-state index in [1.165, 1.54) is 57.1 Å². The topological polar surface area (TPSA) is 24.1 Å². The highest BCUT2D eigenvalue weighted by Crippen LogP contribution is 2.24. The zero-order valence-electron chi connectivity index (χ0n) is 9.06. The molecule has 1 heterocycles. The molecule has 0 radical (unpaired) electrons. The number of hydrogen-bond donors (Lipinski definition) is 2. The van der Waals surface area contributed by atoms with Crippen molar-refractivity contribution in [3.63, 3.8) is 0 Å². The summed E-state index contributed by atoms with van der Waals surface area (Å²) < 4.78 is 0. The predicted octanol–water partition coefficient (Wildman–Crippen LogP) is 2.13. The van der Waals surface area contributed by atoms with Crippen LogP contribution in [0.15, 0.2) is 0 Å². The van der Waals surface area contributed by atoms with E-state index in [9.17, 15) is 0 Å². The van der Waals surface area contributed by atoms with Gasteiger partial charge in [0.2, 0.25) is 0 Å². The third kappa shape index (κ3) is 3.14. The Bertz CT molecular complexity index is 129. The molecule has 0 amide bonds. The van der Waals surface area contributed by atoms with Crippen LogP contribution in [0, 0.1) is 0 Å². The molecule has 3 heteroatoms. The van der Waals surface area contributed by atoms with E-state index in [-0.39, 0.29) is 0 Å². The largest absolute Gasteiger partial charge is 0.216 e. The predicted molar refractivity (Wildman–Crippen MR) is 64.1 cm³/mol. The molecule has 0 aromatic heterocycles. The maximum Gasteiger partial charge on any atom is 0.138 e. The zero-order valence-corrected chi connectivity index (χ0v) is 9.87. The maximum atomic E-state index is 3.56. The monoisotopic (exact) mass is 215 g/mol. The Labute approximate surface area is 90.7 Å². The van der Waals surface area contributed by atoms with Crippen molar-refractivity contribution in [2.24, 2.45) is 0 Å². The molecule has 0 bridgehead atoms. The first-order chi connectivity index (χ1) is 6.97. The second-order valence-electron chi connectivity index (χ2n) is 4.48. The minimum atomic E-state index is 0.479. The molecule has 1 saturated heterocycles. The van der Waals surface area contributed by atoms with Crippen molar-refractivity contribution in [2.45, 2.75) is 56.6 Å². The van der Waals surface area contributed by atoms with Gasteiger partial charge in [-0.3, -0.25) is 0 Å². The maximum absolute atomic E-state index is 3.56. The van der Waals surface area contributed by atoms with Gasteiger partial charge in [-0.05, 0) is 38.5 Å². The third-order valence-electron chi connectivity index (χ3n) is 3.32. The molecule has 14 heavy (non-hydrogen) atoms. The van der Waals surface area contributed by atoms with Crippen LogP contribution in [0.2, 0.25) is 0 Å². The summed E-state index contributed by atoms with van der Waals surface area (Å²) in [5.74, 6) is 1.41. The molecular weight excluding hydrogens is 192 g/mol. The van der Waals surface area contributed by atoms with Crippen LogP contribution < -0.4 is 10.3 Å². The fourth-order valence-corrected chi connectivity index (χ4v) is 4.75. The molecule has 2 N–H and O–H groups in total. The average Bonchev–Trinajstić information content (AvgIpc) is 2.62. The smallest absolute Gasteiger partial charge is 0.138 e. The highest BCUT2D eigenvalue weighted by atomic mass is 32.2. The number of hydrazine groups is 1. The van der Waals surface area contributed by atoms with E-state index >= 15 is 0 Å². The first kappa shape index (κ1) is 10.8. The summed E-state index contributed by atoms with van der Waals surface area (Å²) in [7, 11) is 0. The van der Waals surface area contributed by atoms with E-state index in [2.05, 4.69) is 10.3 Å². The summed E-state index contributed by atoms with van der Waals surface area (Å²) in [4.78, 5) is 3.56. The molecule has 2 nitrogen and oxygen atoms in total. The Morgan fingerprint density at radius 3 is 2.43 bits per heavy atom. The van der Waals surface area contributed by atoms with Gasteiger partial charge in [-0.25, -0.2) is 5.43 Å². The molecule has 1 atom stereocenters. The summed E-state index contributed by atoms with van der Waals surface area (Å²) >= 11 is 0.479. The van der Waals surface area contributed by atoms with Crippen molar-refractivity contribution < 1.29 is 0 Å². The van der Waals surface area contributed by atoms with Gasteiger partial charge in [-0.2, -0.15) is 0 Å². The van der Waals surface area contributed by atoms with Gasteiger partial charge in [0.1, 0.15) is 11.0 Å². The van der Waals surface area contributed by atoms with Crippen LogP contribution in [0.3, 0.4) is 0 Å². The van der Waals surface area contributed by atoms with Crippen molar-refractivity contribution in [3.05, 3.63) is 0 Å².